The first-order valence-corrected chi connectivity index (χ1v) is 15.3. The first kappa shape index (κ1) is 31.5. The summed E-state index contributed by atoms with van der Waals surface area (Å²) >= 11 is 0. The summed E-state index contributed by atoms with van der Waals surface area (Å²) in [6.07, 6.45) is -1.52. The maximum Gasteiger partial charge on any atom is 0.426 e. The molecular formula is C29H28ClN2O8P. The van der Waals surface area contributed by atoms with E-state index in [2.05, 4.69) is 95.8 Å². The van der Waals surface area contributed by atoms with Crippen molar-refractivity contribution in [3.8, 4) is 0 Å². The minimum Gasteiger partial charge on any atom is -0.449 e. The summed E-state index contributed by atoms with van der Waals surface area (Å²) < 4.78 is 43.9. The van der Waals surface area contributed by atoms with Crippen molar-refractivity contribution < 1.29 is 47.9 Å². The van der Waals surface area contributed by atoms with Crippen molar-refractivity contribution in [2.75, 3.05) is 6.61 Å². The molecular weight excluding hydrogens is 571 g/mol. The minimum atomic E-state index is -4.94. The number of nitrogens with one attached hydrogen (secondary N) is 2. The molecule has 0 aliphatic heterocycles. The summed E-state index contributed by atoms with van der Waals surface area (Å²) in [5.41, 5.74) is 5.11. The molecule has 0 saturated carbocycles. The van der Waals surface area contributed by atoms with Gasteiger partial charge in [-0.25, -0.2) is 39.1 Å². The first-order chi connectivity index (χ1) is 19.6. The predicted molar refractivity (Wildman–Crippen MR) is 145 cm³/mol. The number of carbonyl (C=O) groups is 2. The summed E-state index contributed by atoms with van der Waals surface area (Å²) in [4.78, 5) is 23.2. The van der Waals surface area contributed by atoms with Gasteiger partial charge >= 0.3 is 12.2 Å². The second-order valence-electron chi connectivity index (χ2n) is 8.27. The third-order valence-electron chi connectivity index (χ3n) is 5.67. The summed E-state index contributed by atoms with van der Waals surface area (Å²) in [7, 11) is -7.12. The average Bonchev–Trinajstić information content (AvgIpc) is 2.97. The molecule has 0 saturated heterocycles. The molecule has 4 aromatic rings. The Morgan fingerprint density at radius 2 is 0.951 bits per heavy atom. The van der Waals surface area contributed by atoms with E-state index >= 15 is 0 Å². The second kappa shape index (κ2) is 15.1. The van der Waals surface area contributed by atoms with Crippen LogP contribution in [0.5, 0.6) is 0 Å². The maximum atomic E-state index is 11.9. The number of halogens is 1. The van der Waals surface area contributed by atoms with Gasteiger partial charge in [0.05, 0.1) is 6.61 Å². The summed E-state index contributed by atoms with van der Waals surface area (Å²) in [5, 5.41) is 4.98. The number of hydrazine groups is 1. The van der Waals surface area contributed by atoms with E-state index in [1.54, 1.807) is 6.92 Å². The van der Waals surface area contributed by atoms with Crippen LogP contribution in [0.2, 0.25) is 0 Å². The summed E-state index contributed by atoms with van der Waals surface area (Å²) in [6.45, 7) is 1.93. The van der Waals surface area contributed by atoms with Gasteiger partial charge in [-0.3, -0.25) is 0 Å². The molecule has 0 fully saturated rings. The van der Waals surface area contributed by atoms with Crippen LogP contribution in [0.1, 0.15) is 12.5 Å². The SMILES string of the molecule is CCOC(=O)NNC(=O)OCc1ccc([P+](c2ccccc2)(c2ccccc2)c2ccccc2)cc1.[O-][Cl+3]([O-])([O-])[O-]. The van der Waals surface area contributed by atoms with Crippen LogP contribution >= 0.6 is 7.26 Å². The predicted octanol–water partition coefficient (Wildman–Crippen LogP) is -0.563. The lowest BCUT2D eigenvalue weighted by molar-refractivity contribution is -2.00. The van der Waals surface area contributed by atoms with Gasteiger partial charge in [0, 0.05) is 0 Å². The van der Waals surface area contributed by atoms with Gasteiger partial charge in [0.1, 0.15) is 35.1 Å². The van der Waals surface area contributed by atoms with Crippen molar-refractivity contribution in [2.45, 2.75) is 13.5 Å². The molecule has 0 aliphatic rings. The Balaban J connectivity index is 0.000000850. The number of ether oxygens (including phenoxy) is 2. The monoisotopic (exact) mass is 598 g/mol. The molecule has 4 aromatic carbocycles. The smallest absolute Gasteiger partial charge is 0.426 e. The number of carbonyl (C=O) groups excluding carboxylic acids is 2. The second-order valence-corrected chi connectivity index (χ2v) is 12.4. The van der Waals surface area contributed by atoms with E-state index in [0.29, 0.717) is 0 Å². The van der Waals surface area contributed by atoms with Gasteiger partial charge in [0.25, 0.3) is 0 Å². The lowest BCUT2D eigenvalue weighted by atomic mass is 10.2. The Hall–Kier alpha value is -4.02. The van der Waals surface area contributed by atoms with Crippen molar-refractivity contribution in [2.24, 2.45) is 0 Å². The molecule has 2 amide bonds. The van der Waals surface area contributed by atoms with Gasteiger partial charge in [-0.1, -0.05) is 66.7 Å². The third kappa shape index (κ3) is 9.26. The molecule has 12 heteroatoms. The molecule has 0 aromatic heterocycles. The van der Waals surface area contributed by atoms with Crippen molar-refractivity contribution in [3.05, 3.63) is 121 Å². The molecule has 10 nitrogen and oxygen atoms in total. The molecule has 0 aliphatic carbocycles. The van der Waals surface area contributed by atoms with Crippen LogP contribution in [-0.4, -0.2) is 18.8 Å². The Morgan fingerprint density at radius 3 is 1.32 bits per heavy atom. The Kier molecular flexibility index (Phi) is 11.6. The fourth-order valence-electron chi connectivity index (χ4n) is 4.12. The quantitative estimate of drug-likeness (QED) is 0.211. The number of hydrogen-bond acceptors (Lipinski definition) is 8. The zero-order valence-corrected chi connectivity index (χ0v) is 23.6. The summed E-state index contributed by atoms with van der Waals surface area (Å²) in [5.74, 6) is 0. The lowest BCUT2D eigenvalue weighted by Crippen LogP contribution is -2.68. The largest absolute Gasteiger partial charge is 0.449 e. The van der Waals surface area contributed by atoms with Gasteiger partial charge < -0.3 is 9.47 Å². The van der Waals surface area contributed by atoms with Crippen LogP contribution in [0.3, 0.4) is 0 Å². The number of amides is 2. The molecule has 0 radical (unpaired) electrons. The normalized spacial score (nSPS) is 11.0. The standard InChI is InChI=1S/C29H27N2O4P.ClHO4/c1-2-34-28(32)30-31-29(33)35-22-23-18-20-27(21-19-23)36(24-12-6-3-7-13-24,25-14-8-4-9-15-25)26-16-10-5-11-17-26;2-1(3,4)5/h3-21H,2,22H2,1H3,(H-,30,31,32,33);(H,2,3,4,5). The van der Waals surface area contributed by atoms with Crippen molar-refractivity contribution in [3.63, 3.8) is 0 Å². The maximum absolute atomic E-state index is 11.9. The van der Waals surface area contributed by atoms with Gasteiger partial charge in [-0.15, -0.1) is 10.2 Å². The average molecular weight is 599 g/mol. The van der Waals surface area contributed by atoms with Crippen LogP contribution in [0.4, 0.5) is 9.59 Å². The van der Waals surface area contributed by atoms with E-state index < -0.39 is 29.7 Å². The molecule has 0 unspecified atom stereocenters. The summed E-state index contributed by atoms with van der Waals surface area (Å²) in [6, 6.07) is 40.0. The lowest BCUT2D eigenvalue weighted by Gasteiger charge is -2.27. The molecule has 0 atom stereocenters. The highest BCUT2D eigenvalue weighted by Crippen LogP contribution is 2.54. The molecule has 214 valence electrons. The van der Waals surface area contributed by atoms with E-state index in [1.807, 2.05) is 30.3 Å². The van der Waals surface area contributed by atoms with Crippen molar-refractivity contribution in [1.82, 2.24) is 10.9 Å². The van der Waals surface area contributed by atoms with E-state index in [0.717, 1.165) is 5.56 Å². The van der Waals surface area contributed by atoms with Crippen LogP contribution in [0.25, 0.3) is 0 Å². The van der Waals surface area contributed by atoms with E-state index in [1.165, 1.54) is 21.2 Å². The van der Waals surface area contributed by atoms with Crippen LogP contribution in [-0.2, 0) is 16.1 Å². The topological polar surface area (TPSA) is 169 Å². The number of benzene rings is 4. The highest BCUT2D eigenvalue weighted by atomic mass is 35.7. The zero-order chi connectivity index (χ0) is 29.7. The highest BCUT2D eigenvalue weighted by molar-refractivity contribution is 8.01. The fraction of sp³-hybridized carbons (Fsp3) is 0.103. The van der Waals surface area contributed by atoms with Crippen LogP contribution < -0.4 is 50.7 Å². The zero-order valence-electron chi connectivity index (χ0n) is 22.0. The Bertz CT molecular complexity index is 1270. The first-order valence-electron chi connectivity index (χ1n) is 12.3. The van der Waals surface area contributed by atoms with Crippen LogP contribution in [0.15, 0.2) is 115 Å². The van der Waals surface area contributed by atoms with E-state index in [9.17, 15) is 9.59 Å². The van der Waals surface area contributed by atoms with Gasteiger partial charge in [0.15, 0.2) is 0 Å². The van der Waals surface area contributed by atoms with Gasteiger partial charge in [-0.05, 0) is 61.0 Å². The van der Waals surface area contributed by atoms with Gasteiger partial charge in [0.2, 0.25) is 0 Å². The van der Waals surface area contributed by atoms with Crippen molar-refractivity contribution in [1.29, 1.82) is 0 Å². The molecule has 41 heavy (non-hydrogen) atoms. The third-order valence-corrected chi connectivity index (χ3v) is 9.96. The molecule has 0 heterocycles. The number of hydrogen-bond donors (Lipinski definition) is 2. The molecule has 0 bridgehead atoms. The minimum absolute atomic E-state index is 0.0596. The Labute approximate surface area is 240 Å². The van der Waals surface area contributed by atoms with E-state index in [4.69, 9.17) is 28.1 Å². The fourth-order valence-corrected chi connectivity index (χ4v) is 8.36. The van der Waals surface area contributed by atoms with E-state index in [-0.39, 0.29) is 13.2 Å². The Morgan fingerprint density at radius 1 is 0.610 bits per heavy atom. The molecule has 2 N–H and O–H groups in total. The molecule has 0 spiro atoms. The molecule has 4 rings (SSSR count). The van der Waals surface area contributed by atoms with Crippen LogP contribution in [0, 0.1) is 10.2 Å². The van der Waals surface area contributed by atoms with Crippen molar-refractivity contribution >= 4 is 40.7 Å². The van der Waals surface area contributed by atoms with Gasteiger partial charge in [-0.2, -0.15) is 0 Å². The highest BCUT2D eigenvalue weighted by Gasteiger charge is 2.47. The number of rotatable bonds is 7.